The maximum Gasteiger partial charge on any atom is 0.237 e. The number of hydrogen-bond donors (Lipinski definition) is 1. The van der Waals surface area contributed by atoms with Crippen molar-refractivity contribution >= 4 is 35.0 Å². The molecule has 0 spiro atoms. The standard InChI is InChI=1S/C16H16ClNOS/c1-12(16(19)18-15-5-3-2-4-6-15)20-11-13-7-9-14(17)10-8-13/h2-10,12H,11H2,1H3,(H,18,19)/t12-/m0/s1. The number of para-hydroxylation sites is 1. The van der Waals surface area contributed by atoms with Crippen molar-refractivity contribution in [3.05, 3.63) is 65.2 Å². The summed E-state index contributed by atoms with van der Waals surface area (Å²) in [7, 11) is 0. The Morgan fingerprint density at radius 1 is 1.15 bits per heavy atom. The van der Waals surface area contributed by atoms with E-state index in [1.807, 2.05) is 61.5 Å². The molecule has 0 saturated carbocycles. The lowest BCUT2D eigenvalue weighted by atomic mass is 10.2. The highest BCUT2D eigenvalue weighted by Crippen LogP contribution is 2.20. The molecule has 2 aromatic carbocycles. The molecule has 2 nitrogen and oxygen atoms in total. The third-order valence-electron chi connectivity index (χ3n) is 2.82. The predicted molar refractivity (Wildman–Crippen MR) is 87.3 cm³/mol. The smallest absolute Gasteiger partial charge is 0.237 e. The Morgan fingerprint density at radius 2 is 1.80 bits per heavy atom. The normalized spacial score (nSPS) is 11.9. The first kappa shape index (κ1) is 14.9. The molecule has 0 aromatic heterocycles. The minimum Gasteiger partial charge on any atom is -0.325 e. The van der Waals surface area contributed by atoms with E-state index < -0.39 is 0 Å². The van der Waals surface area contributed by atoms with Crippen LogP contribution >= 0.6 is 23.4 Å². The predicted octanol–water partition coefficient (Wildman–Crippen LogP) is 4.60. The van der Waals surface area contributed by atoms with Gasteiger partial charge in [0.2, 0.25) is 5.91 Å². The zero-order valence-electron chi connectivity index (χ0n) is 11.2. The van der Waals surface area contributed by atoms with Crippen molar-refractivity contribution in [3.63, 3.8) is 0 Å². The van der Waals surface area contributed by atoms with E-state index >= 15 is 0 Å². The van der Waals surface area contributed by atoms with Crippen LogP contribution in [0.1, 0.15) is 12.5 Å². The Bertz CT molecular complexity index is 556. The number of carbonyl (C=O) groups excluding carboxylic acids is 1. The fraction of sp³-hybridized carbons (Fsp3) is 0.188. The summed E-state index contributed by atoms with van der Waals surface area (Å²) >= 11 is 7.45. The Morgan fingerprint density at radius 3 is 2.45 bits per heavy atom. The summed E-state index contributed by atoms with van der Waals surface area (Å²) in [6, 6.07) is 17.2. The quantitative estimate of drug-likeness (QED) is 0.874. The summed E-state index contributed by atoms with van der Waals surface area (Å²) < 4.78 is 0. The van der Waals surface area contributed by atoms with Gasteiger partial charge in [0, 0.05) is 16.5 Å². The summed E-state index contributed by atoms with van der Waals surface area (Å²) in [5.41, 5.74) is 2.00. The highest BCUT2D eigenvalue weighted by Gasteiger charge is 2.13. The van der Waals surface area contributed by atoms with Crippen LogP contribution in [0, 0.1) is 0 Å². The van der Waals surface area contributed by atoms with Gasteiger partial charge in [-0.2, -0.15) is 0 Å². The first-order valence-electron chi connectivity index (χ1n) is 6.37. The number of nitrogens with one attached hydrogen (secondary N) is 1. The largest absolute Gasteiger partial charge is 0.325 e. The van der Waals surface area contributed by atoms with Crippen molar-refractivity contribution in [1.29, 1.82) is 0 Å². The highest BCUT2D eigenvalue weighted by molar-refractivity contribution is 7.99. The second-order valence-electron chi connectivity index (χ2n) is 4.43. The van der Waals surface area contributed by atoms with Crippen LogP contribution < -0.4 is 5.32 Å². The van der Waals surface area contributed by atoms with E-state index in [0.29, 0.717) is 0 Å². The molecule has 20 heavy (non-hydrogen) atoms. The van der Waals surface area contributed by atoms with E-state index in [2.05, 4.69) is 5.32 Å². The number of hydrogen-bond acceptors (Lipinski definition) is 2. The monoisotopic (exact) mass is 305 g/mol. The van der Waals surface area contributed by atoms with Gasteiger partial charge in [0.25, 0.3) is 0 Å². The lowest BCUT2D eigenvalue weighted by Crippen LogP contribution is -2.22. The second-order valence-corrected chi connectivity index (χ2v) is 6.20. The number of benzene rings is 2. The summed E-state index contributed by atoms with van der Waals surface area (Å²) in [4.78, 5) is 12.0. The number of rotatable bonds is 5. The summed E-state index contributed by atoms with van der Waals surface area (Å²) in [6.45, 7) is 1.92. The van der Waals surface area contributed by atoms with Crippen molar-refractivity contribution in [2.45, 2.75) is 17.9 Å². The third kappa shape index (κ3) is 4.58. The van der Waals surface area contributed by atoms with Gasteiger partial charge in [-0.3, -0.25) is 4.79 Å². The van der Waals surface area contributed by atoms with E-state index in [0.717, 1.165) is 16.5 Å². The lowest BCUT2D eigenvalue weighted by molar-refractivity contribution is -0.115. The Kier molecular flexibility index (Phi) is 5.50. The number of amides is 1. The van der Waals surface area contributed by atoms with Gasteiger partial charge in [-0.25, -0.2) is 0 Å². The molecule has 0 saturated heterocycles. The molecule has 0 bridgehead atoms. The first-order chi connectivity index (χ1) is 9.65. The van der Waals surface area contributed by atoms with E-state index in [4.69, 9.17) is 11.6 Å². The van der Waals surface area contributed by atoms with E-state index in [1.165, 1.54) is 5.56 Å². The number of thioether (sulfide) groups is 1. The highest BCUT2D eigenvalue weighted by atomic mass is 35.5. The van der Waals surface area contributed by atoms with Gasteiger partial charge in [0.15, 0.2) is 0 Å². The molecule has 0 fully saturated rings. The zero-order valence-corrected chi connectivity index (χ0v) is 12.7. The molecule has 0 heterocycles. The molecule has 0 aliphatic rings. The van der Waals surface area contributed by atoms with Gasteiger partial charge in [0.1, 0.15) is 0 Å². The Hall–Kier alpha value is -1.45. The lowest BCUT2D eigenvalue weighted by Gasteiger charge is -2.12. The van der Waals surface area contributed by atoms with Gasteiger partial charge in [-0.05, 0) is 36.8 Å². The molecule has 1 N–H and O–H groups in total. The fourth-order valence-corrected chi connectivity index (χ4v) is 2.61. The average molecular weight is 306 g/mol. The van der Waals surface area contributed by atoms with Crippen LogP contribution in [0.3, 0.4) is 0 Å². The maximum atomic E-state index is 12.0. The topological polar surface area (TPSA) is 29.1 Å². The third-order valence-corrected chi connectivity index (χ3v) is 4.29. The Labute approximate surface area is 128 Å². The second kappa shape index (κ2) is 7.36. The molecule has 4 heteroatoms. The maximum absolute atomic E-state index is 12.0. The molecule has 2 rings (SSSR count). The molecular weight excluding hydrogens is 290 g/mol. The molecular formula is C16H16ClNOS. The van der Waals surface area contributed by atoms with Crippen LogP contribution in [-0.2, 0) is 10.5 Å². The van der Waals surface area contributed by atoms with Gasteiger partial charge in [-0.1, -0.05) is 41.9 Å². The molecule has 1 atom stereocenters. The van der Waals surface area contributed by atoms with E-state index in [1.54, 1.807) is 11.8 Å². The van der Waals surface area contributed by atoms with Crippen molar-refractivity contribution in [3.8, 4) is 0 Å². The number of anilines is 1. The van der Waals surface area contributed by atoms with Gasteiger partial charge < -0.3 is 5.32 Å². The molecule has 104 valence electrons. The summed E-state index contributed by atoms with van der Waals surface area (Å²) in [5, 5.41) is 3.53. The van der Waals surface area contributed by atoms with Gasteiger partial charge in [-0.15, -0.1) is 11.8 Å². The minimum absolute atomic E-state index is 0.0233. The van der Waals surface area contributed by atoms with Gasteiger partial charge >= 0.3 is 0 Å². The van der Waals surface area contributed by atoms with Crippen LogP contribution in [0.2, 0.25) is 5.02 Å². The molecule has 0 aliphatic carbocycles. The Balaban J connectivity index is 1.83. The van der Waals surface area contributed by atoms with Gasteiger partial charge in [0.05, 0.1) is 5.25 Å². The SMILES string of the molecule is C[C@H](SCc1ccc(Cl)cc1)C(=O)Nc1ccccc1. The van der Waals surface area contributed by atoms with Crippen LogP contribution in [0.5, 0.6) is 0 Å². The van der Waals surface area contributed by atoms with Crippen molar-refractivity contribution in [2.24, 2.45) is 0 Å². The molecule has 0 unspecified atom stereocenters. The van der Waals surface area contributed by atoms with Crippen LogP contribution in [0.4, 0.5) is 5.69 Å². The van der Waals surface area contributed by atoms with E-state index in [-0.39, 0.29) is 11.2 Å². The molecule has 0 radical (unpaired) electrons. The molecule has 1 amide bonds. The summed E-state index contributed by atoms with van der Waals surface area (Å²) in [5.74, 6) is 0.816. The number of carbonyl (C=O) groups is 1. The van der Waals surface area contributed by atoms with Crippen LogP contribution in [-0.4, -0.2) is 11.2 Å². The van der Waals surface area contributed by atoms with E-state index in [9.17, 15) is 4.79 Å². The zero-order chi connectivity index (χ0) is 14.4. The van der Waals surface area contributed by atoms with Crippen molar-refractivity contribution in [1.82, 2.24) is 0 Å². The van der Waals surface area contributed by atoms with Crippen molar-refractivity contribution in [2.75, 3.05) is 5.32 Å². The summed E-state index contributed by atoms with van der Waals surface area (Å²) in [6.07, 6.45) is 0. The first-order valence-corrected chi connectivity index (χ1v) is 7.80. The average Bonchev–Trinajstić information content (AvgIpc) is 2.47. The molecule has 0 aliphatic heterocycles. The number of halogens is 1. The van der Waals surface area contributed by atoms with Crippen LogP contribution in [0.25, 0.3) is 0 Å². The minimum atomic E-state index is -0.106. The van der Waals surface area contributed by atoms with Crippen molar-refractivity contribution < 1.29 is 4.79 Å². The van der Waals surface area contributed by atoms with Crippen LogP contribution in [0.15, 0.2) is 54.6 Å². The molecule has 2 aromatic rings. The fourth-order valence-electron chi connectivity index (χ4n) is 1.64.